The van der Waals surface area contributed by atoms with Gasteiger partial charge in [-0.3, -0.25) is 9.80 Å². The Morgan fingerprint density at radius 3 is 2.52 bits per heavy atom. The lowest BCUT2D eigenvalue weighted by atomic mass is 10.1. The van der Waals surface area contributed by atoms with Crippen LogP contribution in [-0.4, -0.2) is 46.2 Å². The fourth-order valence-corrected chi connectivity index (χ4v) is 3.83. The molecule has 0 unspecified atom stereocenters. The molecular formula is C19H22N4OS. The normalized spacial score (nSPS) is 16.4. The number of benzene rings is 1. The second-order valence-electron chi connectivity index (χ2n) is 6.52. The topological polar surface area (TPSA) is 45.4 Å². The van der Waals surface area contributed by atoms with Gasteiger partial charge in [-0.1, -0.05) is 35.9 Å². The number of nitrogens with zero attached hydrogens (tertiary/aromatic N) is 4. The zero-order chi connectivity index (χ0) is 17.1. The summed E-state index contributed by atoms with van der Waals surface area (Å²) in [6.45, 7) is 8.11. The van der Waals surface area contributed by atoms with Gasteiger partial charge in [-0.25, -0.2) is 0 Å². The van der Waals surface area contributed by atoms with E-state index >= 15 is 0 Å². The van der Waals surface area contributed by atoms with E-state index < -0.39 is 0 Å². The van der Waals surface area contributed by atoms with Crippen molar-refractivity contribution < 1.29 is 4.42 Å². The van der Waals surface area contributed by atoms with Crippen LogP contribution in [0.2, 0.25) is 0 Å². The lowest BCUT2D eigenvalue weighted by Crippen LogP contribution is -2.45. The van der Waals surface area contributed by atoms with Crippen molar-refractivity contribution in [2.45, 2.75) is 20.0 Å². The van der Waals surface area contributed by atoms with Gasteiger partial charge in [0.2, 0.25) is 5.89 Å². The summed E-state index contributed by atoms with van der Waals surface area (Å²) in [6.07, 6.45) is 0. The zero-order valence-electron chi connectivity index (χ0n) is 14.4. The molecule has 1 saturated heterocycles. The first-order valence-corrected chi connectivity index (χ1v) is 9.51. The second-order valence-corrected chi connectivity index (χ2v) is 7.47. The van der Waals surface area contributed by atoms with Gasteiger partial charge in [0.15, 0.2) is 0 Å². The smallest absolute Gasteiger partial charge is 0.257 e. The quantitative estimate of drug-likeness (QED) is 0.702. The standard InChI is InChI=1S/C19H22N4OS/c1-15-4-2-5-16(12-15)13-22-7-9-23(10-8-22)14-18-20-21-19(24-18)17-6-3-11-25-17/h2-6,11-12H,7-10,13-14H2,1H3. The zero-order valence-corrected chi connectivity index (χ0v) is 15.2. The summed E-state index contributed by atoms with van der Waals surface area (Å²) in [5.74, 6) is 1.33. The van der Waals surface area contributed by atoms with Crippen molar-refractivity contribution in [1.29, 1.82) is 0 Å². The van der Waals surface area contributed by atoms with Crippen molar-refractivity contribution in [3.63, 3.8) is 0 Å². The molecular weight excluding hydrogens is 332 g/mol. The Labute approximate surface area is 151 Å². The van der Waals surface area contributed by atoms with E-state index in [0.29, 0.717) is 11.8 Å². The van der Waals surface area contributed by atoms with Crippen LogP contribution in [-0.2, 0) is 13.1 Å². The maximum atomic E-state index is 5.80. The summed E-state index contributed by atoms with van der Waals surface area (Å²) < 4.78 is 5.80. The predicted molar refractivity (Wildman–Crippen MR) is 99.3 cm³/mol. The SMILES string of the molecule is Cc1cccc(CN2CCN(Cc3nnc(-c4cccs4)o3)CC2)c1. The summed E-state index contributed by atoms with van der Waals surface area (Å²) >= 11 is 1.62. The molecule has 2 aromatic heterocycles. The number of rotatable bonds is 5. The van der Waals surface area contributed by atoms with Crippen LogP contribution in [0.15, 0.2) is 46.2 Å². The molecule has 3 heterocycles. The molecule has 25 heavy (non-hydrogen) atoms. The molecule has 0 aliphatic carbocycles. The van der Waals surface area contributed by atoms with E-state index in [9.17, 15) is 0 Å². The summed E-state index contributed by atoms with van der Waals surface area (Å²) in [4.78, 5) is 5.93. The molecule has 0 spiro atoms. The minimum atomic E-state index is 0.628. The number of hydrogen-bond acceptors (Lipinski definition) is 6. The molecule has 1 fully saturated rings. The molecule has 0 radical (unpaired) electrons. The molecule has 1 aromatic carbocycles. The highest BCUT2D eigenvalue weighted by Gasteiger charge is 2.19. The van der Waals surface area contributed by atoms with Gasteiger partial charge in [0, 0.05) is 32.7 Å². The minimum absolute atomic E-state index is 0.628. The molecule has 0 bridgehead atoms. The fraction of sp³-hybridized carbons (Fsp3) is 0.368. The fourth-order valence-electron chi connectivity index (χ4n) is 3.18. The van der Waals surface area contributed by atoms with Gasteiger partial charge in [-0.15, -0.1) is 21.5 Å². The van der Waals surface area contributed by atoms with E-state index in [4.69, 9.17) is 4.42 Å². The van der Waals surface area contributed by atoms with Crippen LogP contribution in [0.4, 0.5) is 0 Å². The molecule has 1 aliphatic heterocycles. The van der Waals surface area contributed by atoms with Gasteiger partial charge >= 0.3 is 0 Å². The van der Waals surface area contributed by atoms with Crippen LogP contribution in [0.1, 0.15) is 17.0 Å². The highest BCUT2D eigenvalue weighted by atomic mass is 32.1. The Morgan fingerprint density at radius 1 is 1.00 bits per heavy atom. The van der Waals surface area contributed by atoms with E-state index in [1.54, 1.807) is 11.3 Å². The maximum absolute atomic E-state index is 5.80. The lowest BCUT2D eigenvalue weighted by Gasteiger charge is -2.34. The number of aromatic nitrogens is 2. The maximum Gasteiger partial charge on any atom is 0.257 e. The van der Waals surface area contributed by atoms with Crippen LogP contribution in [0.25, 0.3) is 10.8 Å². The molecule has 0 N–H and O–H groups in total. The molecule has 0 atom stereocenters. The highest BCUT2D eigenvalue weighted by molar-refractivity contribution is 7.13. The van der Waals surface area contributed by atoms with Crippen molar-refractivity contribution in [3.05, 3.63) is 58.8 Å². The monoisotopic (exact) mass is 354 g/mol. The number of aryl methyl sites for hydroxylation is 1. The Balaban J connectivity index is 1.29. The summed E-state index contributed by atoms with van der Waals surface area (Å²) in [6, 6.07) is 12.8. The average Bonchev–Trinajstić information content (AvgIpc) is 3.28. The highest BCUT2D eigenvalue weighted by Crippen LogP contribution is 2.23. The van der Waals surface area contributed by atoms with Gasteiger partial charge < -0.3 is 4.42 Å². The number of thiophene rings is 1. The van der Waals surface area contributed by atoms with Crippen LogP contribution in [0.3, 0.4) is 0 Å². The second kappa shape index (κ2) is 7.47. The Morgan fingerprint density at radius 2 is 1.80 bits per heavy atom. The van der Waals surface area contributed by atoms with Crippen molar-refractivity contribution in [3.8, 4) is 10.8 Å². The first-order chi connectivity index (χ1) is 12.3. The van der Waals surface area contributed by atoms with Crippen molar-refractivity contribution in [2.75, 3.05) is 26.2 Å². The van der Waals surface area contributed by atoms with Crippen molar-refractivity contribution in [2.24, 2.45) is 0 Å². The van der Waals surface area contributed by atoms with E-state index in [-0.39, 0.29) is 0 Å². The molecule has 6 heteroatoms. The van der Waals surface area contributed by atoms with Gasteiger partial charge in [0.25, 0.3) is 5.89 Å². The van der Waals surface area contributed by atoms with E-state index in [1.807, 2.05) is 17.5 Å². The molecule has 1 aliphatic rings. The Hall–Kier alpha value is -2.02. The first kappa shape index (κ1) is 16.4. The van der Waals surface area contributed by atoms with Gasteiger partial charge in [-0.2, -0.15) is 0 Å². The number of hydrogen-bond donors (Lipinski definition) is 0. The first-order valence-electron chi connectivity index (χ1n) is 8.63. The van der Waals surface area contributed by atoms with Crippen LogP contribution in [0, 0.1) is 6.92 Å². The van der Waals surface area contributed by atoms with Crippen LogP contribution in [0.5, 0.6) is 0 Å². The molecule has 0 saturated carbocycles. The molecule has 5 nitrogen and oxygen atoms in total. The summed E-state index contributed by atoms with van der Waals surface area (Å²) in [5.41, 5.74) is 2.72. The Bertz CT molecular complexity index is 806. The molecule has 0 amide bonds. The van der Waals surface area contributed by atoms with Crippen molar-refractivity contribution >= 4 is 11.3 Å². The largest absolute Gasteiger partial charge is 0.419 e. The van der Waals surface area contributed by atoms with Gasteiger partial charge in [0.05, 0.1) is 11.4 Å². The third-order valence-corrected chi connectivity index (χ3v) is 5.37. The van der Waals surface area contributed by atoms with E-state index in [0.717, 1.165) is 44.1 Å². The van der Waals surface area contributed by atoms with Crippen molar-refractivity contribution in [1.82, 2.24) is 20.0 Å². The molecule has 4 rings (SSSR count). The van der Waals surface area contributed by atoms with E-state index in [1.165, 1.54) is 11.1 Å². The minimum Gasteiger partial charge on any atom is -0.419 e. The average molecular weight is 354 g/mol. The third kappa shape index (κ3) is 4.15. The third-order valence-electron chi connectivity index (χ3n) is 4.51. The lowest BCUT2D eigenvalue weighted by molar-refractivity contribution is 0.114. The van der Waals surface area contributed by atoms with E-state index in [2.05, 4.69) is 51.2 Å². The summed E-state index contributed by atoms with van der Waals surface area (Å²) in [5, 5.41) is 10.4. The van der Waals surface area contributed by atoms with Gasteiger partial charge in [-0.05, 0) is 23.9 Å². The summed E-state index contributed by atoms with van der Waals surface area (Å²) in [7, 11) is 0. The van der Waals surface area contributed by atoms with Gasteiger partial charge in [0.1, 0.15) is 0 Å². The number of piperazine rings is 1. The Kier molecular flexibility index (Phi) is 4.92. The molecule has 130 valence electrons. The predicted octanol–water partition coefficient (Wildman–Crippen LogP) is 3.42. The van der Waals surface area contributed by atoms with Crippen LogP contribution >= 0.6 is 11.3 Å². The van der Waals surface area contributed by atoms with Crippen LogP contribution < -0.4 is 0 Å². The molecule has 3 aromatic rings.